The summed E-state index contributed by atoms with van der Waals surface area (Å²) < 4.78 is 1.59. The van der Waals surface area contributed by atoms with E-state index in [0.717, 1.165) is 21.1 Å². The summed E-state index contributed by atoms with van der Waals surface area (Å²) >= 11 is 0. The van der Waals surface area contributed by atoms with Gasteiger partial charge in [0.2, 0.25) is 0 Å². The van der Waals surface area contributed by atoms with E-state index in [9.17, 15) is 9.59 Å². The van der Waals surface area contributed by atoms with Gasteiger partial charge in [-0.15, -0.1) is 0 Å². The molecule has 1 aliphatic heterocycles. The van der Waals surface area contributed by atoms with Crippen LogP contribution in [0.25, 0.3) is 0 Å². The Kier molecular flexibility index (Phi) is 5.40. The minimum Gasteiger partial charge on any atom is -0.312 e. The number of nitrogens with zero attached hydrogens (tertiary/aromatic N) is 2. The summed E-state index contributed by atoms with van der Waals surface area (Å²) in [5, 5.41) is 2.98. The van der Waals surface area contributed by atoms with Gasteiger partial charge in [0.05, 0.1) is 0 Å². The van der Waals surface area contributed by atoms with Crippen molar-refractivity contribution in [1.82, 2.24) is 9.47 Å². The topological polar surface area (TPSA) is 40.6 Å². The lowest BCUT2D eigenvalue weighted by atomic mass is 10.1. The summed E-state index contributed by atoms with van der Waals surface area (Å²) in [7, 11) is -1.52. The van der Waals surface area contributed by atoms with Crippen LogP contribution in [0.3, 0.4) is 0 Å². The zero-order valence-corrected chi connectivity index (χ0v) is 19.3. The molecular formula is C28H24N2O2Si. The van der Waals surface area contributed by atoms with Gasteiger partial charge < -0.3 is 4.90 Å². The highest BCUT2D eigenvalue weighted by Gasteiger charge is 2.58. The van der Waals surface area contributed by atoms with Crippen LogP contribution in [0.15, 0.2) is 121 Å². The second-order valence-corrected chi connectivity index (χ2v) is 11.8. The van der Waals surface area contributed by atoms with Crippen molar-refractivity contribution in [3.63, 3.8) is 0 Å². The number of imide groups is 1. The highest BCUT2D eigenvalue weighted by molar-refractivity contribution is 7.11. The van der Waals surface area contributed by atoms with Crippen LogP contribution in [0.1, 0.15) is 11.6 Å². The van der Waals surface area contributed by atoms with Gasteiger partial charge in [0.25, 0.3) is 14.1 Å². The third-order valence-corrected chi connectivity index (χ3v) is 10.9. The molecule has 1 aliphatic rings. The third-order valence-electron chi connectivity index (χ3n) is 6.36. The summed E-state index contributed by atoms with van der Waals surface area (Å²) in [6.07, 6.45) is 0. The summed E-state index contributed by atoms with van der Waals surface area (Å²) in [4.78, 5) is 29.7. The number of rotatable bonds is 5. The van der Waals surface area contributed by atoms with Crippen LogP contribution in [0, 0.1) is 0 Å². The molecule has 4 nitrogen and oxygen atoms in total. The van der Waals surface area contributed by atoms with E-state index in [2.05, 4.69) is 0 Å². The Morgan fingerprint density at radius 1 is 0.576 bits per heavy atom. The van der Waals surface area contributed by atoms with Crippen LogP contribution in [0.2, 0.25) is 0 Å². The molecule has 4 aromatic rings. The van der Waals surface area contributed by atoms with Crippen LogP contribution >= 0.6 is 0 Å². The van der Waals surface area contributed by atoms with E-state index in [1.54, 1.807) is 16.5 Å². The number of amides is 3. The molecule has 0 radical (unpaired) electrons. The minimum atomic E-state index is -3.24. The van der Waals surface area contributed by atoms with Crippen LogP contribution in [-0.4, -0.2) is 36.7 Å². The van der Waals surface area contributed by atoms with Crippen molar-refractivity contribution in [1.29, 1.82) is 0 Å². The van der Waals surface area contributed by atoms with E-state index in [-0.39, 0.29) is 11.9 Å². The van der Waals surface area contributed by atoms with E-state index in [4.69, 9.17) is 0 Å². The lowest BCUT2D eigenvalue weighted by Gasteiger charge is -2.39. The second-order valence-electron chi connectivity index (χ2n) is 8.19. The van der Waals surface area contributed by atoms with Gasteiger partial charge in [0.15, 0.2) is 0 Å². The first kappa shape index (κ1) is 20.9. The molecule has 162 valence electrons. The molecule has 1 heterocycles. The summed E-state index contributed by atoms with van der Waals surface area (Å²) in [6.45, 7) is 0. The average molecular weight is 449 g/mol. The summed E-state index contributed by atoms with van der Waals surface area (Å²) in [5.41, 5.74) is 0.818. The van der Waals surface area contributed by atoms with Crippen LogP contribution in [-0.2, 0) is 4.79 Å². The number of carbonyl (C=O) groups is 2. The predicted molar refractivity (Wildman–Crippen MR) is 133 cm³/mol. The maximum atomic E-state index is 14.2. The zero-order chi connectivity index (χ0) is 22.8. The van der Waals surface area contributed by atoms with Crippen LogP contribution < -0.4 is 15.6 Å². The smallest absolute Gasteiger partial charge is 0.312 e. The lowest BCUT2D eigenvalue weighted by Crippen LogP contribution is -2.78. The van der Waals surface area contributed by atoms with Crippen molar-refractivity contribution in [2.45, 2.75) is 6.04 Å². The normalized spacial score (nSPS) is 16.3. The fourth-order valence-corrected chi connectivity index (χ4v) is 9.58. The molecule has 33 heavy (non-hydrogen) atoms. The lowest BCUT2D eigenvalue weighted by molar-refractivity contribution is -0.125. The Morgan fingerprint density at radius 3 is 1.33 bits per heavy atom. The maximum Gasteiger partial charge on any atom is 0.320 e. The zero-order valence-electron chi connectivity index (χ0n) is 18.3. The first-order chi connectivity index (χ1) is 16.2. The van der Waals surface area contributed by atoms with Crippen molar-refractivity contribution in [2.24, 2.45) is 0 Å². The van der Waals surface area contributed by atoms with E-state index in [1.165, 1.54) is 0 Å². The molecule has 1 fully saturated rings. The monoisotopic (exact) mass is 448 g/mol. The van der Waals surface area contributed by atoms with Crippen LogP contribution in [0.5, 0.6) is 0 Å². The van der Waals surface area contributed by atoms with Gasteiger partial charge in [-0.25, -0.2) is 4.79 Å². The first-order valence-electron chi connectivity index (χ1n) is 11.0. The largest absolute Gasteiger partial charge is 0.320 e. The van der Waals surface area contributed by atoms with Gasteiger partial charge in [-0.1, -0.05) is 121 Å². The van der Waals surface area contributed by atoms with Crippen molar-refractivity contribution in [3.05, 3.63) is 127 Å². The molecule has 5 heteroatoms. The Bertz CT molecular complexity index is 1170. The average Bonchev–Trinajstić information content (AvgIpc) is 3.11. The number of hydrogen-bond donors (Lipinski definition) is 0. The van der Waals surface area contributed by atoms with E-state index >= 15 is 0 Å². The molecule has 1 unspecified atom stereocenters. The molecule has 0 aliphatic carbocycles. The first-order valence-corrected chi connectivity index (χ1v) is 12.9. The molecule has 1 atom stereocenters. The SMILES string of the molecule is CN1C(=O)N([Si](c2ccccc2)(c2ccccc2)c2ccccc2)C(=O)C1c1ccccc1. The quantitative estimate of drug-likeness (QED) is 0.267. The van der Waals surface area contributed by atoms with Crippen molar-refractivity contribution in [3.8, 4) is 0 Å². The van der Waals surface area contributed by atoms with Gasteiger partial charge in [-0.3, -0.25) is 9.36 Å². The molecule has 1 saturated heterocycles. The molecule has 3 amide bonds. The highest BCUT2D eigenvalue weighted by atomic mass is 28.3. The standard InChI is InChI=1S/C28H24N2O2Si/c1-29-26(22-14-6-2-7-15-22)27(31)30(28(29)32)33(23-16-8-3-9-17-23,24-18-10-4-11-19-24)25-20-12-5-13-21-25/h2-21,26H,1H3. The number of benzene rings is 4. The number of carbonyl (C=O) groups excluding carboxylic acids is 2. The Balaban J connectivity index is 1.82. The van der Waals surface area contributed by atoms with Crippen molar-refractivity contribution >= 4 is 35.7 Å². The van der Waals surface area contributed by atoms with Gasteiger partial charge in [-0.05, 0) is 21.1 Å². The number of likely N-dealkylation sites (N-methyl/N-ethyl adjacent to an activating group) is 1. The molecule has 0 saturated carbocycles. The van der Waals surface area contributed by atoms with Gasteiger partial charge in [0.1, 0.15) is 6.04 Å². The second kappa shape index (κ2) is 8.52. The fourth-order valence-electron chi connectivity index (χ4n) is 4.89. The minimum absolute atomic E-state index is 0.183. The molecule has 0 N–H and O–H groups in total. The molecular weight excluding hydrogens is 424 g/mol. The van der Waals surface area contributed by atoms with Gasteiger partial charge >= 0.3 is 6.03 Å². The summed E-state index contributed by atoms with van der Waals surface area (Å²) in [5.74, 6) is -0.183. The Morgan fingerprint density at radius 2 is 0.939 bits per heavy atom. The van der Waals surface area contributed by atoms with Crippen molar-refractivity contribution in [2.75, 3.05) is 7.05 Å². The van der Waals surface area contributed by atoms with Crippen molar-refractivity contribution < 1.29 is 9.59 Å². The summed E-state index contributed by atoms with van der Waals surface area (Å²) in [6, 6.07) is 38.6. The number of hydrogen-bond acceptors (Lipinski definition) is 2. The Labute approximate surface area is 194 Å². The fraction of sp³-hybridized carbons (Fsp3) is 0.0714. The highest BCUT2D eigenvalue weighted by Crippen LogP contribution is 2.33. The Hall–Kier alpha value is -3.96. The molecule has 4 aromatic carbocycles. The van der Waals surface area contributed by atoms with E-state index in [0.29, 0.717) is 0 Å². The maximum absolute atomic E-state index is 14.2. The van der Waals surface area contributed by atoms with E-state index in [1.807, 2.05) is 121 Å². The predicted octanol–water partition coefficient (Wildman–Crippen LogP) is 3.29. The van der Waals surface area contributed by atoms with E-state index < -0.39 is 14.3 Å². The molecule has 0 bridgehead atoms. The molecule has 0 aromatic heterocycles. The molecule has 0 spiro atoms. The van der Waals surface area contributed by atoms with Crippen LogP contribution in [0.4, 0.5) is 4.79 Å². The van der Waals surface area contributed by atoms with Gasteiger partial charge in [0, 0.05) is 7.05 Å². The molecule has 5 rings (SSSR count). The number of urea groups is 1. The van der Waals surface area contributed by atoms with Gasteiger partial charge in [-0.2, -0.15) is 0 Å². The third kappa shape index (κ3) is 3.29.